The molecule has 0 N–H and O–H groups in total. The summed E-state index contributed by atoms with van der Waals surface area (Å²) in [5, 5.41) is 0. The largest absolute Gasteiger partial charge is 0.296 e. The molecule has 1 aliphatic heterocycles. The monoisotopic (exact) mass is 231 g/mol. The molecule has 1 heteroatoms. The standard InChI is InChI=1S/C16H25N/c1-3-14(2)16-11-7-8-12-17(16)13-15-9-5-4-6-10-15/h4-6,9-10,14,16H,3,7-8,11-13H2,1-2H3. The second-order valence-corrected chi connectivity index (χ2v) is 5.40. The Balaban J connectivity index is 2.01. The van der Waals surface area contributed by atoms with E-state index in [2.05, 4.69) is 49.1 Å². The van der Waals surface area contributed by atoms with Crippen LogP contribution in [0.2, 0.25) is 0 Å². The van der Waals surface area contributed by atoms with Crippen molar-refractivity contribution in [3.63, 3.8) is 0 Å². The van der Waals surface area contributed by atoms with E-state index in [0.717, 1.165) is 18.5 Å². The van der Waals surface area contributed by atoms with E-state index in [1.165, 1.54) is 37.8 Å². The van der Waals surface area contributed by atoms with Gasteiger partial charge in [-0.3, -0.25) is 4.90 Å². The van der Waals surface area contributed by atoms with Crippen LogP contribution in [0.15, 0.2) is 30.3 Å². The van der Waals surface area contributed by atoms with Crippen molar-refractivity contribution in [1.29, 1.82) is 0 Å². The molecule has 0 saturated carbocycles. The van der Waals surface area contributed by atoms with Crippen molar-refractivity contribution in [2.24, 2.45) is 5.92 Å². The Hall–Kier alpha value is -0.820. The van der Waals surface area contributed by atoms with Gasteiger partial charge in [-0.25, -0.2) is 0 Å². The smallest absolute Gasteiger partial charge is 0.0236 e. The van der Waals surface area contributed by atoms with Gasteiger partial charge in [0.2, 0.25) is 0 Å². The first kappa shape index (κ1) is 12.6. The first-order chi connectivity index (χ1) is 8.31. The molecule has 0 amide bonds. The van der Waals surface area contributed by atoms with Crippen molar-refractivity contribution < 1.29 is 0 Å². The fourth-order valence-electron chi connectivity index (χ4n) is 2.95. The van der Waals surface area contributed by atoms with Crippen LogP contribution in [0.4, 0.5) is 0 Å². The lowest BCUT2D eigenvalue weighted by Crippen LogP contribution is -2.42. The molecule has 1 aliphatic rings. The summed E-state index contributed by atoms with van der Waals surface area (Å²) in [7, 11) is 0. The van der Waals surface area contributed by atoms with E-state index >= 15 is 0 Å². The van der Waals surface area contributed by atoms with Crippen LogP contribution in [0.25, 0.3) is 0 Å². The van der Waals surface area contributed by atoms with Crippen LogP contribution >= 0.6 is 0 Å². The maximum atomic E-state index is 2.70. The lowest BCUT2D eigenvalue weighted by Gasteiger charge is -2.39. The molecular weight excluding hydrogens is 206 g/mol. The van der Waals surface area contributed by atoms with Gasteiger partial charge in [-0.2, -0.15) is 0 Å². The molecule has 2 unspecified atom stereocenters. The Bertz CT molecular complexity index is 320. The number of rotatable bonds is 4. The Morgan fingerprint density at radius 3 is 2.71 bits per heavy atom. The Morgan fingerprint density at radius 2 is 2.00 bits per heavy atom. The Kier molecular flexibility index (Phi) is 4.61. The van der Waals surface area contributed by atoms with Gasteiger partial charge in [0.15, 0.2) is 0 Å². The predicted octanol–water partition coefficient (Wildman–Crippen LogP) is 4.09. The van der Waals surface area contributed by atoms with Gasteiger partial charge in [0, 0.05) is 12.6 Å². The fourth-order valence-corrected chi connectivity index (χ4v) is 2.95. The molecule has 94 valence electrons. The fraction of sp³-hybridized carbons (Fsp3) is 0.625. The maximum absolute atomic E-state index is 2.70. The lowest BCUT2D eigenvalue weighted by molar-refractivity contribution is 0.0965. The van der Waals surface area contributed by atoms with Crippen LogP contribution in [0.1, 0.15) is 45.1 Å². The normalized spacial score (nSPS) is 23.5. The number of nitrogens with zero attached hydrogens (tertiary/aromatic N) is 1. The third-order valence-electron chi connectivity index (χ3n) is 4.19. The zero-order valence-electron chi connectivity index (χ0n) is 11.2. The highest BCUT2D eigenvalue weighted by molar-refractivity contribution is 5.14. The zero-order valence-corrected chi connectivity index (χ0v) is 11.2. The molecule has 0 aromatic heterocycles. The van der Waals surface area contributed by atoms with E-state index in [0.29, 0.717) is 0 Å². The van der Waals surface area contributed by atoms with Gasteiger partial charge < -0.3 is 0 Å². The third-order valence-corrected chi connectivity index (χ3v) is 4.19. The average Bonchev–Trinajstić information content (AvgIpc) is 2.40. The van der Waals surface area contributed by atoms with Crippen molar-refractivity contribution in [1.82, 2.24) is 4.90 Å². The number of hydrogen-bond donors (Lipinski definition) is 0. The van der Waals surface area contributed by atoms with Crippen molar-refractivity contribution in [3.8, 4) is 0 Å². The molecule has 0 aliphatic carbocycles. The minimum atomic E-state index is 0.800. The highest BCUT2D eigenvalue weighted by Crippen LogP contribution is 2.26. The van der Waals surface area contributed by atoms with Crippen LogP contribution < -0.4 is 0 Å². The molecular formula is C16H25N. The minimum absolute atomic E-state index is 0.800. The molecule has 0 bridgehead atoms. The van der Waals surface area contributed by atoms with Crippen molar-refractivity contribution in [3.05, 3.63) is 35.9 Å². The number of likely N-dealkylation sites (tertiary alicyclic amines) is 1. The zero-order chi connectivity index (χ0) is 12.1. The Labute approximate surface area is 106 Å². The molecule has 17 heavy (non-hydrogen) atoms. The first-order valence-corrected chi connectivity index (χ1v) is 7.09. The van der Waals surface area contributed by atoms with Crippen molar-refractivity contribution in [2.45, 2.75) is 52.1 Å². The van der Waals surface area contributed by atoms with E-state index in [1.54, 1.807) is 0 Å². The van der Waals surface area contributed by atoms with Crippen molar-refractivity contribution in [2.75, 3.05) is 6.54 Å². The molecule has 0 spiro atoms. The summed E-state index contributed by atoms with van der Waals surface area (Å²) in [4.78, 5) is 2.70. The van der Waals surface area contributed by atoms with Crippen LogP contribution in [0, 0.1) is 5.92 Å². The summed E-state index contributed by atoms with van der Waals surface area (Å²) in [5.41, 5.74) is 1.46. The van der Waals surface area contributed by atoms with E-state index in [1.807, 2.05) is 0 Å². The summed E-state index contributed by atoms with van der Waals surface area (Å²) in [6.07, 6.45) is 5.48. The quantitative estimate of drug-likeness (QED) is 0.754. The number of piperidine rings is 1. The van der Waals surface area contributed by atoms with Gasteiger partial charge in [-0.05, 0) is 30.9 Å². The molecule has 1 heterocycles. The second-order valence-electron chi connectivity index (χ2n) is 5.40. The highest BCUT2D eigenvalue weighted by atomic mass is 15.2. The van der Waals surface area contributed by atoms with Gasteiger partial charge in [0.05, 0.1) is 0 Å². The summed E-state index contributed by atoms with van der Waals surface area (Å²) in [6.45, 7) is 7.15. The molecule has 2 atom stereocenters. The lowest BCUT2D eigenvalue weighted by atomic mass is 9.89. The van der Waals surface area contributed by atoms with Gasteiger partial charge in [-0.1, -0.05) is 57.0 Å². The highest BCUT2D eigenvalue weighted by Gasteiger charge is 2.26. The molecule has 1 aromatic carbocycles. The molecule has 2 rings (SSSR count). The van der Waals surface area contributed by atoms with E-state index in [-0.39, 0.29) is 0 Å². The molecule has 1 nitrogen and oxygen atoms in total. The maximum Gasteiger partial charge on any atom is 0.0236 e. The SMILES string of the molecule is CCC(C)C1CCCCN1Cc1ccccc1. The second kappa shape index (κ2) is 6.20. The summed E-state index contributed by atoms with van der Waals surface area (Å²) >= 11 is 0. The van der Waals surface area contributed by atoms with E-state index < -0.39 is 0 Å². The van der Waals surface area contributed by atoms with Crippen molar-refractivity contribution >= 4 is 0 Å². The van der Waals surface area contributed by atoms with Crippen LogP contribution in [0.5, 0.6) is 0 Å². The van der Waals surface area contributed by atoms with Crippen LogP contribution in [-0.4, -0.2) is 17.5 Å². The molecule has 1 aromatic rings. The van der Waals surface area contributed by atoms with Gasteiger partial charge in [0.1, 0.15) is 0 Å². The molecule has 1 saturated heterocycles. The van der Waals surface area contributed by atoms with Gasteiger partial charge in [0.25, 0.3) is 0 Å². The van der Waals surface area contributed by atoms with Crippen LogP contribution in [-0.2, 0) is 6.54 Å². The van der Waals surface area contributed by atoms with Gasteiger partial charge in [-0.15, -0.1) is 0 Å². The Morgan fingerprint density at radius 1 is 1.24 bits per heavy atom. The summed E-state index contributed by atoms with van der Waals surface area (Å²) in [6, 6.07) is 11.7. The van der Waals surface area contributed by atoms with Gasteiger partial charge >= 0.3 is 0 Å². The number of hydrogen-bond acceptors (Lipinski definition) is 1. The molecule has 0 radical (unpaired) electrons. The summed E-state index contributed by atoms with van der Waals surface area (Å²) < 4.78 is 0. The summed E-state index contributed by atoms with van der Waals surface area (Å²) in [5.74, 6) is 0.832. The minimum Gasteiger partial charge on any atom is -0.296 e. The number of benzene rings is 1. The third kappa shape index (κ3) is 3.32. The van der Waals surface area contributed by atoms with Crippen LogP contribution in [0.3, 0.4) is 0 Å². The topological polar surface area (TPSA) is 3.24 Å². The van der Waals surface area contributed by atoms with E-state index in [4.69, 9.17) is 0 Å². The van der Waals surface area contributed by atoms with E-state index in [9.17, 15) is 0 Å². The molecule has 1 fully saturated rings. The average molecular weight is 231 g/mol. The predicted molar refractivity (Wildman–Crippen MR) is 73.9 cm³/mol. The first-order valence-electron chi connectivity index (χ1n) is 7.09.